The number of amides is 1. The zero-order valence-corrected chi connectivity index (χ0v) is 24.8. The second-order valence-corrected chi connectivity index (χ2v) is 12.5. The van der Waals surface area contributed by atoms with Gasteiger partial charge >= 0.3 is 6.16 Å². The standard InChI is InChI=1S/C31H31FN4O7S/c1-3-44(40,41)26-7-5-4-6-22(26)28-24(43-31(38)39)13-15-36(28)30(37)27(19-8-11-23(32)25(17-19)42-2)35-20-9-10-21-18(16-20)12-14-34-29(21)33/h4-12,14,16-17,24,27-28,35H,3,13,15H2,1-2H3,(H2,33,34)(H,38,39)/t24-,27+,28+/m0/s1. The van der Waals surface area contributed by atoms with E-state index in [0.717, 1.165) is 5.39 Å². The maximum absolute atomic E-state index is 14.5. The first-order valence-electron chi connectivity index (χ1n) is 13.8. The van der Waals surface area contributed by atoms with Crippen molar-refractivity contribution < 1.29 is 37.0 Å². The molecule has 5 rings (SSSR count). The molecule has 1 aliphatic rings. The molecule has 11 nitrogen and oxygen atoms in total. The maximum atomic E-state index is 14.5. The highest BCUT2D eigenvalue weighted by Crippen LogP contribution is 2.40. The highest BCUT2D eigenvalue weighted by Gasteiger charge is 2.44. The second-order valence-electron chi connectivity index (χ2n) is 10.2. The average Bonchev–Trinajstić information content (AvgIpc) is 3.42. The van der Waals surface area contributed by atoms with Gasteiger partial charge in [0.2, 0.25) is 5.91 Å². The second kappa shape index (κ2) is 12.4. The van der Waals surface area contributed by atoms with Crippen LogP contribution in [0, 0.1) is 5.82 Å². The van der Waals surface area contributed by atoms with Gasteiger partial charge in [0.05, 0.1) is 23.8 Å². The number of aromatic nitrogens is 1. The number of nitrogen functional groups attached to an aromatic ring is 1. The van der Waals surface area contributed by atoms with E-state index in [1.807, 2.05) is 0 Å². The van der Waals surface area contributed by atoms with Crippen LogP contribution in [0.1, 0.15) is 36.6 Å². The number of halogens is 1. The number of nitrogens with one attached hydrogen (secondary N) is 1. The predicted octanol–water partition coefficient (Wildman–Crippen LogP) is 4.95. The van der Waals surface area contributed by atoms with Crippen molar-refractivity contribution in [1.82, 2.24) is 9.88 Å². The van der Waals surface area contributed by atoms with Crippen LogP contribution in [-0.4, -0.2) is 61.0 Å². The fourth-order valence-electron chi connectivity index (χ4n) is 5.56. The quantitative estimate of drug-likeness (QED) is 0.218. The number of pyridine rings is 1. The minimum Gasteiger partial charge on any atom is -0.494 e. The molecule has 4 N–H and O–H groups in total. The molecule has 0 radical (unpaired) electrons. The Bertz CT molecular complexity index is 1840. The van der Waals surface area contributed by atoms with Crippen LogP contribution >= 0.6 is 0 Å². The van der Waals surface area contributed by atoms with Gasteiger partial charge in [-0.15, -0.1) is 0 Å². The smallest absolute Gasteiger partial charge is 0.494 e. The SMILES string of the molecule is CCS(=O)(=O)c1ccccc1[C@@H]1[C@@H](OC(=O)O)CCN1C(=O)[C@H](Nc1ccc2c(N)nccc2c1)c1ccc(F)c(OC)c1. The summed E-state index contributed by atoms with van der Waals surface area (Å²) in [4.78, 5) is 31.7. The lowest BCUT2D eigenvalue weighted by Crippen LogP contribution is -2.40. The fraction of sp³-hybridized carbons (Fsp3) is 0.258. The van der Waals surface area contributed by atoms with Crippen LogP contribution in [0.25, 0.3) is 10.8 Å². The molecule has 0 aliphatic carbocycles. The number of methoxy groups -OCH3 is 1. The Hall–Kier alpha value is -4.91. The number of benzene rings is 3. The first-order valence-corrected chi connectivity index (χ1v) is 15.4. The molecule has 0 saturated carbocycles. The third kappa shape index (κ3) is 5.95. The van der Waals surface area contributed by atoms with Crippen LogP contribution in [0.4, 0.5) is 20.7 Å². The Morgan fingerprint density at radius 3 is 2.66 bits per heavy atom. The number of rotatable bonds is 9. The average molecular weight is 623 g/mol. The van der Waals surface area contributed by atoms with Gasteiger partial charge in [0.1, 0.15) is 18.0 Å². The molecule has 0 bridgehead atoms. The predicted molar refractivity (Wildman–Crippen MR) is 162 cm³/mol. The van der Waals surface area contributed by atoms with E-state index in [0.29, 0.717) is 22.5 Å². The van der Waals surface area contributed by atoms with E-state index in [-0.39, 0.29) is 34.9 Å². The summed E-state index contributed by atoms with van der Waals surface area (Å²) in [6, 6.07) is 15.1. The normalized spacial score (nSPS) is 17.3. The first-order chi connectivity index (χ1) is 21.0. The Labute approximate surface area is 253 Å². The Morgan fingerprint density at radius 1 is 1.16 bits per heavy atom. The molecule has 3 aromatic carbocycles. The molecule has 230 valence electrons. The lowest BCUT2D eigenvalue weighted by Gasteiger charge is -2.32. The monoisotopic (exact) mass is 622 g/mol. The van der Waals surface area contributed by atoms with E-state index in [4.69, 9.17) is 15.2 Å². The highest BCUT2D eigenvalue weighted by atomic mass is 32.2. The molecule has 0 spiro atoms. The summed E-state index contributed by atoms with van der Waals surface area (Å²) >= 11 is 0. The van der Waals surface area contributed by atoms with Gasteiger partial charge in [-0.25, -0.2) is 22.6 Å². The van der Waals surface area contributed by atoms with Crippen molar-refractivity contribution in [3.63, 3.8) is 0 Å². The largest absolute Gasteiger partial charge is 0.506 e. The van der Waals surface area contributed by atoms with Crippen molar-refractivity contribution in [2.75, 3.05) is 30.5 Å². The van der Waals surface area contributed by atoms with Crippen LogP contribution in [0.5, 0.6) is 5.75 Å². The number of fused-ring (bicyclic) bond motifs is 1. The molecule has 44 heavy (non-hydrogen) atoms. The summed E-state index contributed by atoms with van der Waals surface area (Å²) in [6.07, 6.45) is -0.892. The minimum absolute atomic E-state index is 0.0140. The van der Waals surface area contributed by atoms with E-state index in [9.17, 15) is 27.5 Å². The van der Waals surface area contributed by atoms with E-state index < -0.39 is 45.9 Å². The van der Waals surface area contributed by atoms with Gasteiger partial charge in [-0.3, -0.25) is 4.79 Å². The van der Waals surface area contributed by atoms with Gasteiger partial charge < -0.3 is 30.5 Å². The lowest BCUT2D eigenvalue weighted by atomic mass is 9.99. The summed E-state index contributed by atoms with van der Waals surface area (Å²) < 4.78 is 51.0. The van der Waals surface area contributed by atoms with Gasteiger partial charge in [-0.05, 0) is 59.0 Å². The van der Waals surface area contributed by atoms with Crippen molar-refractivity contribution in [2.45, 2.75) is 36.4 Å². The number of ether oxygens (including phenoxy) is 2. The number of likely N-dealkylation sites (tertiary alicyclic amines) is 1. The molecule has 2 heterocycles. The molecular weight excluding hydrogens is 591 g/mol. The number of hydrogen-bond acceptors (Lipinski definition) is 9. The Kier molecular flexibility index (Phi) is 8.59. The fourth-order valence-corrected chi connectivity index (χ4v) is 6.71. The van der Waals surface area contributed by atoms with Gasteiger partial charge in [0, 0.05) is 30.2 Å². The van der Waals surface area contributed by atoms with Crippen molar-refractivity contribution in [2.24, 2.45) is 0 Å². The third-order valence-electron chi connectivity index (χ3n) is 7.69. The number of hydrogen-bond donors (Lipinski definition) is 3. The third-order valence-corrected chi connectivity index (χ3v) is 9.49. The first kappa shape index (κ1) is 30.5. The molecule has 3 atom stereocenters. The van der Waals surface area contributed by atoms with Crippen LogP contribution in [0.15, 0.2) is 77.8 Å². The molecule has 1 saturated heterocycles. The summed E-state index contributed by atoms with van der Waals surface area (Å²) in [5.41, 5.74) is 7.15. The van der Waals surface area contributed by atoms with Gasteiger partial charge in [-0.1, -0.05) is 31.2 Å². The van der Waals surface area contributed by atoms with Gasteiger partial charge in [0.25, 0.3) is 0 Å². The molecule has 1 aromatic heterocycles. The van der Waals surface area contributed by atoms with Crippen LogP contribution in [0.3, 0.4) is 0 Å². The number of nitrogens with two attached hydrogens (primary N) is 1. The number of carboxylic acid groups (broad SMARTS) is 1. The molecule has 13 heteroatoms. The molecular formula is C31H31FN4O7S. The van der Waals surface area contributed by atoms with E-state index in [1.165, 1.54) is 43.2 Å². The number of anilines is 2. The number of carbonyl (C=O) groups is 2. The van der Waals surface area contributed by atoms with Gasteiger partial charge in [0.15, 0.2) is 21.4 Å². The summed E-state index contributed by atoms with van der Waals surface area (Å²) in [5.74, 6) is -1.07. The maximum Gasteiger partial charge on any atom is 0.506 e. The molecule has 4 aromatic rings. The Balaban J connectivity index is 1.62. The van der Waals surface area contributed by atoms with Gasteiger partial charge in [-0.2, -0.15) is 0 Å². The van der Waals surface area contributed by atoms with Crippen LogP contribution in [-0.2, 0) is 19.4 Å². The van der Waals surface area contributed by atoms with Crippen molar-refractivity contribution in [3.05, 3.63) is 89.9 Å². The van der Waals surface area contributed by atoms with Crippen LogP contribution < -0.4 is 15.8 Å². The number of sulfone groups is 1. The molecule has 1 amide bonds. The lowest BCUT2D eigenvalue weighted by molar-refractivity contribution is -0.134. The minimum atomic E-state index is -3.76. The summed E-state index contributed by atoms with van der Waals surface area (Å²) in [6.45, 7) is 1.57. The molecule has 1 fully saturated rings. The zero-order valence-electron chi connectivity index (χ0n) is 23.9. The van der Waals surface area contributed by atoms with Crippen LogP contribution in [0.2, 0.25) is 0 Å². The Morgan fingerprint density at radius 2 is 1.93 bits per heavy atom. The number of carbonyl (C=O) groups excluding carboxylic acids is 1. The highest BCUT2D eigenvalue weighted by molar-refractivity contribution is 7.91. The molecule has 1 aliphatic heterocycles. The van der Waals surface area contributed by atoms with E-state index in [2.05, 4.69) is 10.3 Å². The number of nitrogens with zero attached hydrogens (tertiary/aromatic N) is 2. The molecule has 0 unspecified atom stereocenters. The topological polar surface area (TPSA) is 161 Å². The van der Waals surface area contributed by atoms with Crippen molar-refractivity contribution >= 4 is 44.2 Å². The zero-order chi connectivity index (χ0) is 31.6. The summed E-state index contributed by atoms with van der Waals surface area (Å²) in [5, 5.41) is 14.2. The van der Waals surface area contributed by atoms with Crippen molar-refractivity contribution in [1.29, 1.82) is 0 Å². The van der Waals surface area contributed by atoms with E-state index in [1.54, 1.807) is 48.7 Å². The van der Waals surface area contributed by atoms with Crippen molar-refractivity contribution in [3.8, 4) is 5.75 Å². The summed E-state index contributed by atoms with van der Waals surface area (Å²) in [7, 11) is -2.45. The van der Waals surface area contributed by atoms with E-state index >= 15 is 0 Å².